The van der Waals surface area contributed by atoms with Crippen LogP contribution in [0.4, 0.5) is 11.5 Å². The maximum absolute atomic E-state index is 5.42. The van der Waals surface area contributed by atoms with Gasteiger partial charge in [-0.1, -0.05) is 48.5 Å². The van der Waals surface area contributed by atoms with E-state index in [1.54, 1.807) is 0 Å². The molecule has 6 nitrogen and oxygen atoms in total. The molecule has 0 bridgehead atoms. The van der Waals surface area contributed by atoms with Crippen LogP contribution in [0.3, 0.4) is 0 Å². The number of hydrogen-bond acceptors (Lipinski definition) is 3. The molecule has 0 aliphatic heterocycles. The van der Waals surface area contributed by atoms with Crippen LogP contribution >= 0.6 is 0 Å². The van der Waals surface area contributed by atoms with Gasteiger partial charge in [0.2, 0.25) is 0 Å². The normalized spacial score (nSPS) is 10.7. The van der Waals surface area contributed by atoms with Gasteiger partial charge in [-0.05, 0) is 35.4 Å². The first kappa shape index (κ1) is 17.6. The van der Waals surface area contributed by atoms with Crippen molar-refractivity contribution in [3.63, 3.8) is 0 Å². The molecule has 2 heterocycles. The van der Waals surface area contributed by atoms with Gasteiger partial charge >= 0.3 is 0 Å². The Labute approximate surface area is 163 Å². The van der Waals surface area contributed by atoms with E-state index in [0.717, 1.165) is 34.8 Å². The van der Waals surface area contributed by atoms with Gasteiger partial charge in [-0.25, -0.2) is 9.98 Å². The number of anilines is 1. The highest BCUT2D eigenvalue weighted by Crippen LogP contribution is 2.22. The van der Waals surface area contributed by atoms with Crippen molar-refractivity contribution in [3.8, 4) is 0 Å². The van der Waals surface area contributed by atoms with E-state index in [1.165, 1.54) is 5.56 Å². The van der Waals surface area contributed by atoms with Crippen molar-refractivity contribution >= 4 is 23.1 Å². The number of rotatable bonds is 6. The van der Waals surface area contributed by atoms with Gasteiger partial charge in [-0.3, -0.25) is 4.40 Å². The molecule has 0 amide bonds. The maximum atomic E-state index is 5.42. The van der Waals surface area contributed by atoms with Gasteiger partial charge in [-0.15, -0.1) is 0 Å². The Bertz CT molecular complexity index is 1090. The Balaban J connectivity index is 1.58. The molecule has 0 aliphatic rings. The molecule has 0 saturated heterocycles. The number of hydrogen-bond donors (Lipinski definition) is 3. The second kappa shape index (κ2) is 7.84. The van der Waals surface area contributed by atoms with Crippen LogP contribution in [0.5, 0.6) is 0 Å². The summed E-state index contributed by atoms with van der Waals surface area (Å²) in [6.45, 7) is 0.673. The van der Waals surface area contributed by atoms with Crippen LogP contribution in [-0.2, 0) is 13.0 Å². The Morgan fingerprint density at radius 2 is 1.64 bits per heavy atom. The molecule has 2 aromatic carbocycles. The SMILES string of the molecule is NC(N)=Nc1ccc(CNc2c(Cc3ccccc3)nc3ccccn23)cc1. The molecule has 5 N–H and O–H groups in total. The summed E-state index contributed by atoms with van der Waals surface area (Å²) in [6, 6.07) is 24.2. The topological polar surface area (TPSA) is 93.7 Å². The minimum absolute atomic E-state index is 0.0576. The summed E-state index contributed by atoms with van der Waals surface area (Å²) < 4.78 is 2.09. The van der Waals surface area contributed by atoms with E-state index in [0.29, 0.717) is 6.54 Å². The summed E-state index contributed by atoms with van der Waals surface area (Å²) in [5.74, 6) is 1.06. The first-order valence-electron chi connectivity index (χ1n) is 9.11. The number of nitrogens with two attached hydrogens (primary N) is 2. The number of fused-ring (bicyclic) bond motifs is 1. The Hall–Kier alpha value is -3.80. The highest BCUT2D eigenvalue weighted by Gasteiger charge is 2.12. The Morgan fingerprint density at radius 3 is 2.39 bits per heavy atom. The highest BCUT2D eigenvalue weighted by molar-refractivity contribution is 5.78. The van der Waals surface area contributed by atoms with Crippen molar-refractivity contribution in [2.24, 2.45) is 16.5 Å². The van der Waals surface area contributed by atoms with Crippen LogP contribution in [0.25, 0.3) is 5.65 Å². The molecule has 0 fully saturated rings. The Morgan fingerprint density at radius 1 is 0.893 bits per heavy atom. The number of benzene rings is 2. The van der Waals surface area contributed by atoms with Crippen molar-refractivity contribution < 1.29 is 0 Å². The molecule has 28 heavy (non-hydrogen) atoms. The zero-order valence-corrected chi connectivity index (χ0v) is 15.4. The summed E-state index contributed by atoms with van der Waals surface area (Å²) in [4.78, 5) is 8.87. The second-order valence-electron chi connectivity index (χ2n) is 6.55. The zero-order valence-electron chi connectivity index (χ0n) is 15.4. The molecule has 0 spiro atoms. The number of aliphatic imine (C=N–C) groups is 1. The van der Waals surface area contributed by atoms with Crippen LogP contribution in [-0.4, -0.2) is 15.3 Å². The van der Waals surface area contributed by atoms with E-state index < -0.39 is 0 Å². The second-order valence-corrected chi connectivity index (χ2v) is 6.55. The fraction of sp³-hybridized carbons (Fsp3) is 0.0909. The number of imidazole rings is 1. The molecule has 140 valence electrons. The molecule has 6 heteroatoms. The van der Waals surface area contributed by atoms with Gasteiger partial charge < -0.3 is 16.8 Å². The van der Waals surface area contributed by atoms with Crippen molar-refractivity contribution in [1.82, 2.24) is 9.38 Å². The number of aromatic nitrogens is 2. The van der Waals surface area contributed by atoms with Gasteiger partial charge in [-0.2, -0.15) is 0 Å². The van der Waals surface area contributed by atoms with Crippen LogP contribution in [0, 0.1) is 0 Å². The van der Waals surface area contributed by atoms with Crippen molar-refractivity contribution in [1.29, 1.82) is 0 Å². The average Bonchev–Trinajstić information content (AvgIpc) is 3.05. The van der Waals surface area contributed by atoms with E-state index in [1.807, 2.05) is 54.7 Å². The lowest BCUT2D eigenvalue weighted by Gasteiger charge is -2.09. The summed E-state index contributed by atoms with van der Waals surface area (Å²) in [6.07, 6.45) is 2.80. The molecule has 0 aliphatic carbocycles. The lowest BCUT2D eigenvalue weighted by molar-refractivity contribution is 1.05. The standard InChI is InChI=1S/C22H22N6/c23-22(24)26-18-11-9-17(10-12-18)15-25-21-19(14-16-6-2-1-3-7-16)27-20-8-4-5-13-28(20)21/h1-13,25H,14-15H2,(H4,23,24,26). The van der Waals surface area contributed by atoms with Crippen LogP contribution < -0.4 is 16.8 Å². The molecule has 0 atom stereocenters. The van der Waals surface area contributed by atoms with E-state index >= 15 is 0 Å². The smallest absolute Gasteiger partial charge is 0.191 e. The van der Waals surface area contributed by atoms with Crippen molar-refractivity contribution in [3.05, 3.63) is 95.8 Å². The van der Waals surface area contributed by atoms with Crippen LogP contribution in [0.2, 0.25) is 0 Å². The third kappa shape index (κ3) is 3.96. The molecule has 4 rings (SSSR count). The third-order valence-electron chi connectivity index (χ3n) is 4.47. The molecule has 0 saturated carbocycles. The average molecular weight is 370 g/mol. The van der Waals surface area contributed by atoms with Crippen LogP contribution in [0.1, 0.15) is 16.8 Å². The summed E-state index contributed by atoms with van der Waals surface area (Å²) >= 11 is 0. The summed E-state index contributed by atoms with van der Waals surface area (Å²) in [5.41, 5.74) is 15.9. The minimum atomic E-state index is 0.0576. The molecule has 0 radical (unpaired) electrons. The van der Waals surface area contributed by atoms with Gasteiger partial charge in [0.1, 0.15) is 11.5 Å². The van der Waals surface area contributed by atoms with Crippen molar-refractivity contribution in [2.75, 3.05) is 5.32 Å². The quantitative estimate of drug-likeness (QED) is 0.358. The minimum Gasteiger partial charge on any atom is -0.370 e. The first-order chi connectivity index (χ1) is 13.7. The van der Waals surface area contributed by atoms with E-state index in [2.05, 4.69) is 39.0 Å². The number of nitrogens with one attached hydrogen (secondary N) is 1. The lowest BCUT2D eigenvalue weighted by Crippen LogP contribution is -2.21. The molecular weight excluding hydrogens is 348 g/mol. The van der Waals surface area contributed by atoms with Gasteiger partial charge in [0.05, 0.1) is 11.4 Å². The molecule has 2 aromatic heterocycles. The first-order valence-corrected chi connectivity index (χ1v) is 9.11. The van der Waals surface area contributed by atoms with Crippen LogP contribution in [0.15, 0.2) is 84.0 Å². The molecule has 0 unspecified atom stereocenters. The van der Waals surface area contributed by atoms with E-state index in [-0.39, 0.29) is 5.96 Å². The number of guanidine groups is 1. The predicted molar refractivity (Wildman–Crippen MR) is 114 cm³/mol. The van der Waals surface area contributed by atoms with Gasteiger partial charge in [0.25, 0.3) is 0 Å². The third-order valence-corrected chi connectivity index (χ3v) is 4.47. The van der Waals surface area contributed by atoms with E-state index in [4.69, 9.17) is 16.5 Å². The summed E-state index contributed by atoms with van der Waals surface area (Å²) in [5, 5.41) is 3.55. The largest absolute Gasteiger partial charge is 0.370 e. The number of nitrogens with zero attached hydrogens (tertiary/aromatic N) is 3. The fourth-order valence-electron chi connectivity index (χ4n) is 3.17. The van der Waals surface area contributed by atoms with Gasteiger partial charge in [0, 0.05) is 19.2 Å². The molecular formula is C22H22N6. The van der Waals surface area contributed by atoms with E-state index in [9.17, 15) is 0 Å². The lowest BCUT2D eigenvalue weighted by atomic mass is 10.1. The predicted octanol–water partition coefficient (Wildman–Crippen LogP) is 3.44. The fourth-order valence-corrected chi connectivity index (χ4v) is 3.17. The summed E-state index contributed by atoms with van der Waals surface area (Å²) in [7, 11) is 0. The zero-order chi connectivity index (χ0) is 19.3. The Kier molecular flexibility index (Phi) is 4.93. The monoisotopic (exact) mass is 370 g/mol. The maximum Gasteiger partial charge on any atom is 0.191 e. The highest BCUT2D eigenvalue weighted by atomic mass is 15.1. The van der Waals surface area contributed by atoms with Crippen molar-refractivity contribution in [2.45, 2.75) is 13.0 Å². The number of pyridine rings is 1. The van der Waals surface area contributed by atoms with Gasteiger partial charge in [0.15, 0.2) is 5.96 Å². The molecule has 4 aromatic rings.